The van der Waals surface area contributed by atoms with Crippen LogP contribution in [0.2, 0.25) is 0 Å². The molecule has 1 aliphatic carbocycles. The van der Waals surface area contributed by atoms with E-state index in [0.717, 1.165) is 37.4 Å². The van der Waals surface area contributed by atoms with Gasteiger partial charge >= 0.3 is 0 Å². The first-order chi connectivity index (χ1) is 10.4. The second kappa shape index (κ2) is 6.41. The Bertz CT molecular complexity index is 561. The van der Waals surface area contributed by atoms with Crippen molar-refractivity contribution in [2.75, 3.05) is 26.8 Å². The third kappa shape index (κ3) is 3.17. The Labute approximate surface area is 125 Å². The predicted molar refractivity (Wildman–Crippen MR) is 82.2 cm³/mol. The molecule has 4 nitrogen and oxygen atoms in total. The molecular weight excluding hydrogens is 264 g/mol. The van der Waals surface area contributed by atoms with E-state index < -0.39 is 0 Å². The molecule has 1 aliphatic rings. The standard InChI is InChI=1S/C17H22N2O2/c1-20-11-5-10-18-13-17(8-9-17)16-15(12-19-21-16)14-6-3-2-4-7-14/h2-4,6-7,12,18H,5,8-11,13H2,1H3. The van der Waals surface area contributed by atoms with Gasteiger partial charge in [0, 0.05) is 31.2 Å². The maximum atomic E-state index is 5.61. The molecule has 0 aliphatic heterocycles. The smallest absolute Gasteiger partial charge is 0.151 e. The van der Waals surface area contributed by atoms with Gasteiger partial charge in [-0.05, 0) is 31.4 Å². The minimum Gasteiger partial charge on any atom is -0.385 e. The Kier molecular flexibility index (Phi) is 4.36. The summed E-state index contributed by atoms with van der Waals surface area (Å²) < 4.78 is 10.7. The summed E-state index contributed by atoms with van der Waals surface area (Å²) >= 11 is 0. The van der Waals surface area contributed by atoms with Crippen molar-refractivity contribution in [2.45, 2.75) is 24.7 Å². The van der Waals surface area contributed by atoms with Crippen molar-refractivity contribution in [2.24, 2.45) is 0 Å². The highest BCUT2D eigenvalue weighted by Gasteiger charge is 2.48. The molecule has 1 aromatic carbocycles. The lowest BCUT2D eigenvalue weighted by Gasteiger charge is -2.14. The van der Waals surface area contributed by atoms with E-state index in [2.05, 4.69) is 34.7 Å². The molecule has 1 aromatic heterocycles. The topological polar surface area (TPSA) is 47.3 Å². The number of ether oxygens (including phenoxy) is 1. The maximum Gasteiger partial charge on any atom is 0.151 e. The van der Waals surface area contributed by atoms with Crippen LogP contribution in [0.25, 0.3) is 11.1 Å². The molecule has 1 heterocycles. The summed E-state index contributed by atoms with van der Waals surface area (Å²) in [6.07, 6.45) is 5.21. The fraction of sp³-hybridized carbons (Fsp3) is 0.471. The van der Waals surface area contributed by atoms with Crippen LogP contribution in [0.15, 0.2) is 41.1 Å². The van der Waals surface area contributed by atoms with E-state index in [-0.39, 0.29) is 5.41 Å². The van der Waals surface area contributed by atoms with Gasteiger partial charge in [0.05, 0.1) is 6.20 Å². The summed E-state index contributed by atoms with van der Waals surface area (Å²) in [7, 11) is 1.74. The molecule has 1 saturated carbocycles. The van der Waals surface area contributed by atoms with Crippen molar-refractivity contribution in [3.8, 4) is 11.1 Å². The Morgan fingerprint density at radius 2 is 2.10 bits per heavy atom. The van der Waals surface area contributed by atoms with Crippen LogP contribution >= 0.6 is 0 Å². The molecule has 1 N–H and O–H groups in total. The van der Waals surface area contributed by atoms with Crippen LogP contribution in [-0.4, -0.2) is 32.0 Å². The zero-order valence-electron chi connectivity index (χ0n) is 12.5. The molecule has 0 bridgehead atoms. The molecule has 21 heavy (non-hydrogen) atoms. The van der Waals surface area contributed by atoms with Gasteiger partial charge < -0.3 is 14.6 Å². The first-order valence-corrected chi connectivity index (χ1v) is 7.56. The van der Waals surface area contributed by atoms with E-state index in [1.807, 2.05) is 12.3 Å². The number of nitrogens with zero attached hydrogens (tertiary/aromatic N) is 1. The predicted octanol–water partition coefficient (Wildman–Crippen LogP) is 3.00. The number of nitrogens with one attached hydrogen (secondary N) is 1. The van der Waals surface area contributed by atoms with Crippen LogP contribution in [0.4, 0.5) is 0 Å². The molecule has 4 heteroatoms. The van der Waals surface area contributed by atoms with E-state index in [9.17, 15) is 0 Å². The molecule has 0 atom stereocenters. The summed E-state index contributed by atoms with van der Waals surface area (Å²) in [5.74, 6) is 1.04. The normalized spacial score (nSPS) is 16.0. The second-order valence-corrected chi connectivity index (χ2v) is 5.74. The van der Waals surface area contributed by atoms with Crippen molar-refractivity contribution < 1.29 is 9.26 Å². The third-order valence-electron chi connectivity index (χ3n) is 4.16. The van der Waals surface area contributed by atoms with Gasteiger partial charge in [0.2, 0.25) is 0 Å². The zero-order valence-corrected chi connectivity index (χ0v) is 12.5. The first-order valence-electron chi connectivity index (χ1n) is 7.56. The Balaban J connectivity index is 1.68. The van der Waals surface area contributed by atoms with Gasteiger partial charge in [-0.2, -0.15) is 0 Å². The fourth-order valence-electron chi connectivity index (χ4n) is 2.75. The quantitative estimate of drug-likeness (QED) is 0.758. The van der Waals surface area contributed by atoms with Gasteiger partial charge in [0.15, 0.2) is 5.76 Å². The lowest BCUT2D eigenvalue weighted by atomic mass is 9.96. The number of aromatic nitrogens is 1. The highest BCUT2D eigenvalue weighted by atomic mass is 16.5. The summed E-state index contributed by atoms with van der Waals surface area (Å²) in [5.41, 5.74) is 2.44. The van der Waals surface area contributed by atoms with Gasteiger partial charge in [-0.3, -0.25) is 0 Å². The lowest BCUT2D eigenvalue weighted by molar-refractivity contribution is 0.194. The first kappa shape index (κ1) is 14.3. The second-order valence-electron chi connectivity index (χ2n) is 5.74. The molecule has 112 valence electrons. The number of hydrogen-bond acceptors (Lipinski definition) is 4. The minimum atomic E-state index is 0.134. The van der Waals surface area contributed by atoms with Gasteiger partial charge in [0.1, 0.15) is 0 Å². The Hall–Kier alpha value is -1.65. The monoisotopic (exact) mass is 286 g/mol. The summed E-state index contributed by atoms with van der Waals surface area (Å²) in [4.78, 5) is 0. The molecule has 0 unspecified atom stereocenters. The number of methoxy groups -OCH3 is 1. The number of rotatable bonds is 8. The van der Waals surface area contributed by atoms with E-state index in [1.54, 1.807) is 7.11 Å². The number of hydrogen-bond donors (Lipinski definition) is 1. The van der Waals surface area contributed by atoms with Crippen LogP contribution in [0.5, 0.6) is 0 Å². The van der Waals surface area contributed by atoms with E-state index in [0.29, 0.717) is 0 Å². The molecule has 1 fully saturated rings. The zero-order chi connectivity index (χ0) is 14.5. The molecule has 0 amide bonds. The number of benzene rings is 1. The van der Waals surface area contributed by atoms with E-state index in [1.165, 1.54) is 18.4 Å². The van der Waals surface area contributed by atoms with Crippen molar-refractivity contribution in [3.63, 3.8) is 0 Å². The van der Waals surface area contributed by atoms with E-state index >= 15 is 0 Å². The minimum absolute atomic E-state index is 0.134. The lowest BCUT2D eigenvalue weighted by Crippen LogP contribution is -2.28. The van der Waals surface area contributed by atoms with Crippen molar-refractivity contribution in [1.82, 2.24) is 10.5 Å². The fourth-order valence-corrected chi connectivity index (χ4v) is 2.75. The van der Waals surface area contributed by atoms with Crippen LogP contribution in [0.3, 0.4) is 0 Å². The third-order valence-corrected chi connectivity index (χ3v) is 4.16. The summed E-state index contributed by atoms with van der Waals surface area (Å²) in [6, 6.07) is 10.3. The highest BCUT2D eigenvalue weighted by molar-refractivity contribution is 5.66. The molecule has 3 rings (SSSR count). The van der Waals surface area contributed by atoms with Crippen LogP contribution in [0.1, 0.15) is 25.0 Å². The van der Waals surface area contributed by atoms with Gasteiger partial charge in [-0.1, -0.05) is 35.5 Å². The van der Waals surface area contributed by atoms with Crippen LogP contribution in [0, 0.1) is 0 Å². The average Bonchev–Trinajstić information content (AvgIpc) is 3.14. The summed E-state index contributed by atoms with van der Waals surface area (Å²) in [6.45, 7) is 2.73. The van der Waals surface area contributed by atoms with Gasteiger partial charge in [-0.15, -0.1) is 0 Å². The van der Waals surface area contributed by atoms with Gasteiger partial charge in [0.25, 0.3) is 0 Å². The molecular formula is C17H22N2O2. The van der Waals surface area contributed by atoms with E-state index in [4.69, 9.17) is 9.26 Å². The average molecular weight is 286 g/mol. The Morgan fingerprint density at radius 1 is 1.29 bits per heavy atom. The highest BCUT2D eigenvalue weighted by Crippen LogP contribution is 2.50. The molecule has 0 radical (unpaired) electrons. The molecule has 2 aromatic rings. The largest absolute Gasteiger partial charge is 0.385 e. The Morgan fingerprint density at radius 3 is 2.81 bits per heavy atom. The van der Waals surface area contributed by atoms with Gasteiger partial charge in [-0.25, -0.2) is 0 Å². The van der Waals surface area contributed by atoms with Crippen LogP contribution < -0.4 is 5.32 Å². The molecule has 0 spiro atoms. The van der Waals surface area contributed by atoms with Crippen LogP contribution in [-0.2, 0) is 10.2 Å². The van der Waals surface area contributed by atoms with Crippen molar-refractivity contribution in [3.05, 3.63) is 42.3 Å². The summed E-state index contributed by atoms with van der Waals surface area (Å²) in [5, 5.41) is 7.56. The molecule has 0 saturated heterocycles. The maximum absolute atomic E-state index is 5.61. The SMILES string of the molecule is COCCCNCC1(c2oncc2-c2ccccc2)CC1. The van der Waals surface area contributed by atoms with Crippen molar-refractivity contribution >= 4 is 0 Å². The van der Waals surface area contributed by atoms with Crippen molar-refractivity contribution in [1.29, 1.82) is 0 Å².